The molecule has 1 aliphatic rings. The molecule has 1 fully saturated rings. The molecule has 1 aliphatic heterocycles. The number of halogens is 1. The van der Waals surface area contributed by atoms with Gasteiger partial charge < -0.3 is 19.9 Å². The average Bonchev–Trinajstić information content (AvgIpc) is 3.03. The minimum Gasteiger partial charge on any atom is -0.444 e. The molecule has 29 heavy (non-hydrogen) atoms. The van der Waals surface area contributed by atoms with Crippen molar-refractivity contribution >= 4 is 22.9 Å². The molecule has 7 heteroatoms. The minimum atomic E-state index is -0.493. The van der Waals surface area contributed by atoms with Gasteiger partial charge in [-0.05, 0) is 69.7 Å². The lowest BCUT2D eigenvalue weighted by Gasteiger charge is -2.33. The number of carbonyl (C=O) groups is 2. The number of hydrogen-bond donors (Lipinski definition) is 2. The molecule has 2 heterocycles. The van der Waals surface area contributed by atoms with Crippen LogP contribution in [0.15, 0.2) is 24.4 Å². The van der Waals surface area contributed by atoms with Crippen LogP contribution in [0.5, 0.6) is 0 Å². The topological polar surface area (TPSA) is 74.4 Å². The van der Waals surface area contributed by atoms with E-state index in [1.165, 1.54) is 12.1 Å². The van der Waals surface area contributed by atoms with Crippen molar-refractivity contribution in [2.45, 2.75) is 52.1 Å². The Morgan fingerprint density at radius 1 is 1.28 bits per heavy atom. The highest BCUT2D eigenvalue weighted by Crippen LogP contribution is 2.22. The van der Waals surface area contributed by atoms with Gasteiger partial charge in [-0.1, -0.05) is 0 Å². The van der Waals surface area contributed by atoms with Gasteiger partial charge in [0.1, 0.15) is 11.4 Å². The number of ether oxygens (including phenoxy) is 1. The molecule has 0 spiro atoms. The van der Waals surface area contributed by atoms with Crippen LogP contribution in [-0.4, -0.2) is 47.1 Å². The SMILES string of the molecule is CC(C)(C)OC(=O)N1CCC(CC(=O)NCCc2c[nH]c3cc(F)ccc23)CC1. The lowest BCUT2D eigenvalue weighted by molar-refractivity contribution is -0.122. The van der Waals surface area contributed by atoms with Gasteiger partial charge in [-0.2, -0.15) is 0 Å². The molecule has 2 amide bonds. The molecule has 3 rings (SSSR count). The summed E-state index contributed by atoms with van der Waals surface area (Å²) in [6, 6.07) is 4.68. The first-order chi connectivity index (χ1) is 13.7. The van der Waals surface area contributed by atoms with Gasteiger partial charge in [-0.3, -0.25) is 4.79 Å². The average molecular weight is 403 g/mol. The fourth-order valence-corrected chi connectivity index (χ4v) is 3.68. The second-order valence-corrected chi connectivity index (χ2v) is 8.72. The van der Waals surface area contributed by atoms with Gasteiger partial charge in [0.25, 0.3) is 0 Å². The first kappa shape index (κ1) is 21.1. The minimum absolute atomic E-state index is 0.0339. The molecule has 2 aromatic rings. The maximum atomic E-state index is 13.3. The number of aromatic amines is 1. The van der Waals surface area contributed by atoms with Crippen molar-refractivity contribution < 1.29 is 18.7 Å². The van der Waals surface area contributed by atoms with Gasteiger partial charge >= 0.3 is 6.09 Å². The number of likely N-dealkylation sites (tertiary alicyclic amines) is 1. The van der Waals surface area contributed by atoms with E-state index in [9.17, 15) is 14.0 Å². The van der Waals surface area contributed by atoms with Crippen LogP contribution in [0.2, 0.25) is 0 Å². The van der Waals surface area contributed by atoms with Crippen LogP contribution in [0, 0.1) is 11.7 Å². The number of amides is 2. The van der Waals surface area contributed by atoms with Crippen molar-refractivity contribution in [3.63, 3.8) is 0 Å². The Kier molecular flexibility index (Phi) is 6.45. The molecule has 2 N–H and O–H groups in total. The summed E-state index contributed by atoms with van der Waals surface area (Å²) in [6.45, 7) is 7.36. The number of H-pyrrole nitrogens is 1. The molecule has 1 aromatic heterocycles. The Balaban J connectivity index is 1.38. The molecule has 0 atom stereocenters. The summed E-state index contributed by atoms with van der Waals surface area (Å²) >= 11 is 0. The number of hydrogen-bond acceptors (Lipinski definition) is 3. The maximum absolute atomic E-state index is 13.3. The number of fused-ring (bicyclic) bond motifs is 1. The van der Waals surface area contributed by atoms with Crippen LogP contribution in [0.4, 0.5) is 9.18 Å². The lowest BCUT2D eigenvalue weighted by Crippen LogP contribution is -2.42. The van der Waals surface area contributed by atoms with Crippen molar-refractivity contribution in [2.24, 2.45) is 5.92 Å². The summed E-state index contributed by atoms with van der Waals surface area (Å²) in [6.07, 6.45) is 4.36. The van der Waals surface area contributed by atoms with Gasteiger partial charge in [0.05, 0.1) is 0 Å². The van der Waals surface area contributed by atoms with E-state index in [0.717, 1.165) is 29.3 Å². The van der Waals surface area contributed by atoms with E-state index in [1.807, 2.05) is 27.0 Å². The molecule has 6 nitrogen and oxygen atoms in total. The predicted octanol–water partition coefficient (Wildman–Crippen LogP) is 4.00. The van der Waals surface area contributed by atoms with E-state index in [0.29, 0.717) is 32.5 Å². The summed E-state index contributed by atoms with van der Waals surface area (Å²) in [5.41, 5.74) is 1.33. The Labute approximate surface area is 170 Å². The molecule has 1 saturated heterocycles. The predicted molar refractivity (Wildman–Crippen MR) is 110 cm³/mol. The van der Waals surface area contributed by atoms with E-state index < -0.39 is 5.60 Å². The molecule has 0 aliphatic carbocycles. The van der Waals surface area contributed by atoms with Crippen LogP contribution in [0.1, 0.15) is 45.6 Å². The smallest absolute Gasteiger partial charge is 0.410 e. The highest BCUT2D eigenvalue weighted by Gasteiger charge is 2.27. The first-order valence-corrected chi connectivity index (χ1v) is 10.2. The largest absolute Gasteiger partial charge is 0.444 e. The van der Waals surface area contributed by atoms with Crippen molar-refractivity contribution in [1.82, 2.24) is 15.2 Å². The zero-order valence-electron chi connectivity index (χ0n) is 17.4. The van der Waals surface area contributed by atoms with Crippen LogP contribution in [0.25, 0.3) is 10.9 Å². The lowest BCUT2D eigenvalue weighted by atomic mass is 9.93. The second-order valence-electron chi connectivity index (χ2n) is 8.72. The number of carbonyl (C=O) groups excluding carboxylic acids is 2. The van der Waals surface area contributed by atoms with Crippen molar-refractivity contribution in [3.8, 4) is 0 Å². The summed E-state index contributed by atoms with van der Waals surface area (Å²) in [5.74, 6) is 0.0493. The highest BCUT2D eigenvalue weighted by atomic mass is 19.1. The van der Waals surface area contributed by atoms with E-state index in [4.69, 9.17) is 4.74 Å². The molecule has 0 saturated carbocycles. The number of nitrogens with zero attached hydrogens (tertiary/aromatic N) is 1. The van der Waals surface area contributed by atoms with Crippen molar-refractivity contribution in [1.29, 1.82) is 0 Å². The third-order valence-corrected chi connectivity index (χ3v) is 5.19. The van der Waals surface area contributed by atoms with E-state index in [1.54, 1.807) is 11.0 Å². The summed E-state index contributed by atoms with van der Waals surface area (Å²) in [5, 5.41) is 3.96. The van der Waals surface area contributed by atoms with Crippen LogP contribution in [0.3, 0.4) is 0 Å². The van der Waals surface area contributed by atoms with Crippen molar-refractivity contribution in [3.05, 3.63) is 35.8 Å². The maximum Gasteiger partial charge on any atom is 0.410 e. The molecule has 158 valence electrons. The monoisotopic (exact) mass is 403 g/mol. The van der Waals surface area contributed by atoms with Crippen LogP contribution < -0.4 is 5.32 Å². The number of rotatable bonds is 5. The van der Waals surface area contributed by atoms with E-state index >= 15 is 0 Å². The molecule has 0 radical (unpaired) electrons. The zero-order chi connectivity index (χ0) is 21.0. The Hall–Kier alpha value is -2.57. The molecular weight excluding hydrogens is 373 g/mol. The molecule has 0 unspecified atom stereocenters. The van der Waals surface area contributed by atoms with E-state index in [-0.39, 0.29) is 23.7 Å². The fourth-order valence-electron chi connectivity index (χ4n) is 3.68. The molecule has 0 bridgehead atoms. The normalized spacial score (nSPS) is 15.5. The molecule has 1 aromatic carbocycles. The van der Waals surface area contributed by atoms with E-state index in [2.05, 4.69) is 10.3 Å². The summed E-state index contributed by atoms with van der Waals surface area (Å²) in [7, 11) is 0. The second kappa shape index (κ2) is 8.84. The van der Waals surface area contributed by atoms with Gasteiger partial charge in [-0.25, -0.2) is 9.18 Å². The fraction of sp³-hybridized carbons (Fsp3) is 0.545. The first-order valence-electron chi connectivity index (χ1n) is 10.2. The Morgan fingerprint density at radius 3 is 2.69 bits per heavy atom. The standard InChI is InChI=1S/C22H30FN3O3/c1-22(2,3)29-21(28)26-10-7-15(8-11-26)12-20(27)24-9-6-16-14-25-19-13-17(23)4-5-18(16)19/h4-5,13-15,25H,6-12H2,1-3H3,(H,24,27). The highest BCUT2D eigenvalue weighted by molar-refractivity contribution is 5.83. The van der Waals surface area contributed by atoms with Gasteiger partial charge in [0.2, 0.25) is 5.91 Å². The van der Waals surface area contributed by atoms with Crippen LogP contribution >= 0.6 is 0 Å². The Bertz CT molecular complexity index is 864. The van der Waals surface area contributed by atoms with Gasteiger partial charge in [-0.15, -0.1) is 0 Å². The third kappa shape index (κ3) is 5.95. The third-order valence-electron chi connectivity index (χ3n) is 5.19. The number of aromatic nitrogens is 1. The molecular formula is C22H30FN3O3. The number of piperidine rings is 1. The summed E-state index contributed by atoms with van der Waals surface area (Å²) < 4.78 is 18.7. The number of nitrogens with one attached hydrogen (secondary N) is 2. The summed E-state index contributed by atoms with van der Waals surface area (Å²) in [4.78, 5) is 29.2. The Morgan fingerprint density at radius 2 is 2.00 bits per heavy atom. The van der Waals surface area contributed by atoms with Crippen molar-refractivity contribution in [2.75, 3.05) is 19.6 Å². The quantitative estimate of drug-likeness (QED) is 0.792. The zero-order valence-corrected chi connectivity index (χ0v) is 17.4. The number of benzene rings is 1. The van der Waals surface area contributed by atoms with Crippen LogP contribution in [-0.2, 0) is 16.0 Å². The van der Waals surface area contributed by atoms with Gasteiger partial charge in [0, 0.05) is 43.2 Å². The van der Waals surface area contributed by atoms with Gasteiger partial charge in [0.15, 0.2) is 0 Å².